The van der Waals surface area contributed by atoms with E-state index in [0.717, 1.165) is 21.5 Å². The molecule has 0 aliphatic rings. The first-order valence-electron chi connectivity index (χ1n) is 4.94. The molecule has 3 heteroatoms. The van der Waals surface area contributed by atoms with Crippen molar-refractivity contribution >= 4 is 22.5 Å². The molecule has 0 aliphatic heterocycles. The zero-order valence-corrected chi connectivity index (χ0v) is 9.60. The molecule has 0 unspecified atom stereocenters. The predicted octanol–water partition coefficient (Wildman–Crippen LogP) is 3.13. The van der Waals surface area contributed by atoms with Gasteiger partial charge in [0, 0.05) is 23.5 Å². The molecule has 1 aromatic carbocycles. The largest absolute Gasteiger partial charge is 0.390 e. The standard InChI is InChI=1S/C12H14ClNO/c1-12(2,15)6-8-7-14-10-5-3-4-9(13)11(8)10/h3-5,7,14-15H,6H2,1-2H3. The van der Waals surface area contributed by atoms with E-state index < -0.39 is 5.60 Å². The van der Waals surface area contributed by atoms with Crippen LogP contribution in [0.15, 0.2) is 24.4 Å². The molecule has 1 aromatic heterocycles. The first-order valence-corrected chi connectivity index (χ1v) is 5.32. The molecular formula is C12H14ClNO. The zero-order valence-electron chi connectivity index (χ0n) is 8.84. The summed E-state index contributed by atoms with van der Waals surface area (Å²) in [5, 5.41) is 11.5. The molecular weight excluding hydrogens is 210 g/mol. The van der Waals surface area contributed by atoms with Gasteiger partial charge in [0.25, 0.3) is 0 Å². The number of rotatable bonds is 2. The monoisotopic (exact) mass is 223 g/mol. The molecule has 2 aromatic rings. The van der Waals surface area contributed by atoms with Gasteiger partial charge in [0.2, 0.25) is 0 Å². The summed E-state index contributed by atoms with van der Waals surface area (Å²) >= 11 is 6.13. The molecule has 2 N–H and O–H groups in total. The van der Waals surface area contributed by atoms with Crippen molar-refractivity contribution in [1.82, 2.24) is 4.98 Å². The van der Waals surface area contributed by atoms with E-state index in [-0.39, 0.29) is 0 Å². The van der Waals surface area contributed by atoms with E-state index in [9.17, 15) is 5.11 Å². The van der Waals surface area contributed by atoms with Gasteiger partial charge in [-0.1, -0.05) is 17.7 Å². The molecule has 0 saturated heterocycles. The minimum atomic E-state index is -0.714. The van der Waals surface area contributed by atoms with Gasteiger partial charge in [-0.25, -0.2) is 0 Å². The van der Waals surface area contributed by atoms with Gasteiger partial charge in [0.05, 0.1) is 10.6 Å². The van der Waals surface area contributed by atoms with Crippen LogP contribution in [0.5, 0.6) is 0 Å². The summed E-state index contributed by atoms with van der Waals surface area (Å²) in [5.74, 6) is 0. The van der Waals surface area contributed by atoms with Crippen LogP contribution < -0.4 is 0 Å². The van der Waals surface area contributed by atoms with Crippen LogP contribution in [0.2, 0.25) is 5.02 Å². The first-order chi connectivity index (χ1) is 6.97. The summed E-state index contributed by atoms with van der Waals surface area (Å²) < 4.78 is 0. The van der Waals surface area contributed by atoms with Crippen LogP contribution in [0.3, 0.4) is 0 Å². The van der Waals surface area contributed by atoms with Crippen molar-refractivity contribution in [3.05, 3.63) is 35.0 Å². The third kappa shape index (κ3) is 2.16. The molecule has 0 radical (unpaired) electrons. The van der Waals surface area contributed by atoms with Crippen molar-refractivity contribution in [1.29, 1.82) is 0 Å². The van der Waals surface area contributed by atoms with Crippen LogP contribution >= 0.6 is 11.6 Å². The fraction of sp³-hybridized carbons (Fsp3) is 0.333. The lowest BCUT2D eigenvalue weighted by Crippen LogP contribution is -2.21. The summed E-state index contributed by atoms with van der Waals surface area (Å²) in [4.78, 5) is 3.16. The molecule has 15 heavy (non-hydrogen) atoms. The van der Waals surface area contributed by atoms with Gasteiger partial charge in [0.15, 0.2) is 0 Å². The molecule has 0 atom stereocenters. The highest BCUT2D eigenvalue weighted by atomic mass is 35.5. The third-order valence-corrected chi connectivity index (χ3v) is 2.67. The lowest BCUT2D eigenvalue weighted by Gasteiger charge is -2.16. The van der Waals surface area contributed by atoms with Crippen LogP contribution in [0.4, 0.5) is 0 Å². The molecule has 0 spiro atoms. The summed E-state index contributed by atoms with van der Waals surface area (Å²) in [6.07, 6.45) is 2.51. The molecule has 2 nitrogen and oxygen atoms in total. The maximum absolute atomic E-state index is 9.78. The van der Waals surface area contributed by atoms with E-state index in [1.807, 2.05) is 24.4 Å². The number of benzene rings is 1. The van der Waals surface area contributed by atoms with E-state index in [4.69, 9.17) is 11.6 Å². The molecule has 2 rings (SSSR count). The Morgan fingerprint density at radius 3 is 2.80 bits per heavy atom. The van der Waals surface area contributed by atoms with Crippen LogP contribution in [0.25, 0.3) is 10.9 Å². The Balaban J connectivity index is 2.53. The molecule has 0 aliphatic carbocycles. The number of H-pyrrole nitrogens is 1. The summed E-state index contributed by atoms with van der Waals surface area (Å²) in [5.41, 5.74) is 1.36. The van der Waals surface area contributed by atoms with Crippen molar-refractivity contribution in [3.8, 4) is 0 Å². The van der Waals surface area contributed by atoms with Gasteiger partial charge in [-0.2, -0.15) is 0 Å². The number of nitrogens with one attached hydrogen (secondary N) is 1. The highest BCUT2D eigenvalue weighted by Crippen LogP contribution is 2.28. The predicted molar refractivity (Wildman–Crippen MR) is 63.3 cm³/mol. The number of aliphatic hydroxyl groups is 1. The van der Waals surface area contributed by atoms with Crippen molar-refractivity contribution in [3.63, 3.8) is 0 Å². The number of hydrogen-bond donors (Lipinski definition) is 2. The Morgan fingerprint density at radius 2 is 2.13 bits per heavy atom. The van der Waals surface area contributed by atoms with Gasteiger partial charge in [-0.3, -0.25) is 0 Å². The number of fused-ring (bicyclic) bond motifs is 1. The number of aromatic nitrogens is 1. The second-order valence-corrected chi connectivity index (χ2v) is 4.87. The van der Waals surface area contributed by atoms with E-state index in [2.05, 4.69) is 4.98 Å². The third-order valence-electron chi connectivity index (χ3n) is 2.36. The lowest BCUT2D eigenvalue weighted by molar-refractivity contribution is 0.0813. The number of aromatic amines is 1. The topological polar surface area (TPSA) is 36.0 Å². The Bertz CT molecular complexity index is 482. The van der Waals surface area contributed by atoms with Crippen LogP contribution in [-0.4, -0.2) is 15.7 Å². The molecule has 1 heterocycles. The van der Waals surface area contributed by atoms with Crippen LogP contribution in [0, 0.1) is 0 Å². The Kier molecular flexibility index (Phi) is 2.49. The Hall–Kier alpha value is -0.990. The Morgan fingerprint density at radius 1 is 1.40 bits per heavy atom. The fourth-order valence-electron chi connectivity index (χ4n) is 1.81. The maximum atomic E-state index is 9.78. The highest BCUT2D eigenvalue weighted by molar-refractivity contribution is 6.35. The molecule has 0 fully saturated rings. The summed E-state index contributed by atoms with van der Waals surface area (Å²) in [7, 11) is 0. The van der Waals surface area contributed by atoms with Crippen molar-refractivity contribution in [2.45, 2.75) is 25.9 Å². The smallest absolute Gasteiger partial charge is 0.0632 e. The van der Waals surface area contributed by atoms with Gasteiger partial charge in [-0.15, -0.1) is 0 Å². The fourth-order valence-corrected chi connectivity index (χ4v) is 2.11. The van der Waals surface area contributed by atoms with Crippen molar-refractivity contribution in [2.24, 2.45) is 0 Å². The van der Waals surface area contributed by atoms with E-state index in [1.165, 1.54) is 0 Å². The normalized spacial score (nSPS) is 12.3. The molecule has 80 valence electrons. The van der Waals surface area contributed by atoms with Crippen LogP contribution in [0.1, 0.15) is 19.4 Å². The van der Waals surface area contributed by atoms with Gasteiger partial charge >= 0.3 is 0 Å². The van der Waals surface area contributed by atoms with E-state index in [0.29, 0.717) is 6.42 Å². The van der Waals surface area contributed by atoms with Gasteiger partial charge in [0.1, 0.15) is 0 Å². The average molecular weight is 224 g/mol. The first kappa shape index (κ1) is 10.5. The second-order valence-electron chi connectivity index (χ2n) is 4.47. The summed E-state index contributed by atoms with van der Waals surface area (Å²) in [6, 6.07) is 5.76. The highest BCUT2D eigenvalue weighted by Gasteiger charge is 2.17. The Labute approximate surface area is 93.9 Å². The van der Waals surface area contributed by atoms with Crippen molar-refractivity contribution in [2.75, 3.05) is 0 Å². The van der Waals surface area contributed by atoms with Gasteiger partial charge < -0.3 is 10.1 Å². The minimum absolute atomic E-state index is 0.594. The number of hydrogen-bond acceptors (Lipinski definition) is 1. The van der Waals surface area contributed by atoms with E-state index >= 15 is 0 Å². The SMILES string of the molecule is CC(C)(O)Cc1c[nH]c2cccc(Cl)c12. The van der Waals surface area contributed by atoms with Gasteiger partial charge in [-0.05, 0) is 31.5 Å². The minimum Gasteiger partial charge on any atom is -0.390 e. The van der Waals surface area contributed by atoms with Crippen molar-refractivity contribution < 1.29 is 5.11 Å². The molecule has 0 amide bonds. The molecule has 0 bridgehead atoms. The van der Waals surface area contributed by atoms with E-state index in [1.54, 1.807) is 13.8 Å². The average Bonchev–Trinajstić information content (AvgIpc) is 2.47. The maximum Gasteiger partial charge on any atom is 0.0632 e. The summed E-state index contributed by atoms with van der Waals surface area (Å²) in [6.45, 7) is 3.59. The second kappa shape index (κ2) is 3.54. The quantitative estimate of drug-likeness (QED) is 0.806. The molecule has 0 saturated carbocycles. The number of halogens is 1. The van der Waals surface area contributed by atoms with Crippen LogP contribution in [-0.2, 0) is 6.42 Å². The zero-order chi connectivity index (χ0) is 11.1. The lowest BCUT2D eigenvalue weighted by atomic mass is 9.98.